The molecule has 1 unspecified atom stereocenters. The van der Waals surface area contributed by atoms with Crippen molar-refractivity contribution in [2.75, 3.05) is 30.8 Å². The summed E-state index contributed by atoms with van der Waals surface area (Å²) in [6, 6.07) is 15.1. The van der Waals surface area contributed by atoms with Gasteiger partial charge in [0.1, 0.15) is 0 Å². The third kappa shape index (κ3) is 7.02. The van der Waals surface area contributed by atoms with Gasteiger partial charge in [0.25, 0.3) is 0 Å². The van der Waals surface area contributed by atoms with Gasteiger partial charge in [0.05, 0.1) is 11.4 Å². The van der Waals surface area contributed by atoms with Crippen LogP contribution in [0.25, 0.3) is 0 Å². The highest BCUT2D eigenvalue weighted by Gasteiger charge is 2.23. The lowest BCUT2D eigenvalue weighted by atomic mass is 10.2. The first-order valence-corrected chi connectivity index (χ1v) is 12.0. The van der Waals surface area contributed by atoms with Gasteiger partial charge in [-0.15, -0.1) is 24.0 Å². The maximum absolute atomic E-state index is 11.6. The number of anilines is 1. The van der Waals surface area contributed by atoms with Crippen molar-refractivity contribution in [3.63, 3.8) is 0 Å². The van der Waals surface area contributed by atoms with E-state index in [2.05, 4.69) is 26.6 Å². The molecular weight excluding hydrogens is 535 g/mol. The Bertz CT molecular complexity index is 967. The van der Waals surface area contributed by atoms with E-state index in [1.54, 1.807) is 24.3 Å². The quantitative estimate of drug-likeness (QED) is 0.319. The number of benzene rings is 2. The lowest BCUT2D eigenvalue weighted by Gasteiger charge is -2.20. The first kappa shape index (κ1) is 24.7. The number of hydrogen-bond donors (Lipinski definition) is 2. The Morgan fingerprint density at radius 2 is 1.97 bits per heavy atom. The smallest absolute Gasteiger partial charge is 0.191 e. The highest BCUT2D eigenvalue weighted by Crippen LogP contribution is 2.23. The van der Waals surface area contributed by atoms with Crippen LogP contribution in [0.1, 0.15) is 18.9 Å². The SMILES string of the molecule is CCNC(=NCc1ccc(S(C)(=O)=O)cc1)NC1CCN(c2cccc(Cl)c2)C1.I. The summed E-state index contributed by atoms with van der Waals surface area (Å²) in [7, 11) is -3.18. The van der Waals surface area contributed by atoms with Crippen LogP contribution in [0.5, 0.6) is 0 Å². The van der Waals surface area contributed by atoms with E-state index in [0.29, 0.717) is 17.5 Å². The van der Waals surface area contributed by atoms with Gasteiger partial charge in [0.15, 0.2) is 15.8 Å². The maximum atomic E-state index is 11.6. The van der Waals surface area contributed by atoms with Gasteiger partial charge in [0, 0.05) is 42.6 Å². The van der Waals surface area contributed by atoms with Gasteiger partial charge in [-0.05, 0) is 49.2 Å². The Kier molecular flexibility index (Phi) is 9.24. The molecule has 6 nitrogen and oxygen atoms in total. The number of nitrogens with one attached hydrogen (secondary N) is 2. The molecule has 1 aliphatic heterocycles. The van der Waals surface area contributed by atoms with Gasteiger partial charge in [-0.2, -0.15) is 0 Å². The van der Waals surface area contributed by atoms with E-state index >= 15 is 0 Å². The molecular formula is C21H28ClIN4O2S. The summed E-state index contributed by atoms with van der Waals surface area (Å²) >= 11 is 6.11. The lowest BCUT2D eigenvalue weighted by molar-refractivity contribution is 0.602. The molecule has 1 heterocycles. The molecule has 1 saturated heterocycles. The first-order chi connectivity index (χ1) is 13.8. The average molecular weight is 563 g/mol. The van der Waals surface area contributed by atoms with Gasteiger partial charge >= 0.3 is 0 Å². The topological polar surface area (TPSA) is 73.8 Å². The number of nitrogens with zero attached hydrogens (tertiary/aromatic N) is 2. The minimum Gasteiger partial charge on any atom is -0.369 e. The van der Waals surface area contributed by atoms with Crippen LogP contribution in [0.2, 0.25) is 5.02 Å². The summed E-state index contributed by atoms with van der Waals surface area (Å²) in [4.78, 5) is 7.29. The second kappa shape index (κ2) is 11.2. The normalized spacial score (nSPS) is 16.8. The Morgan fingerprint density at radius 3 is 2.60 bits per heavy atom. The molecule has 164 valence electrons. The molecule has 1 fully saturated rings. The molecule has 0 amide bonds. The molecule has 30 heavy (non-hydrogen) atoms. The van der Waals surface area contributed by atoms with E-state index in [0.717, 1.165) is 48.3 Å². The molecule has 1 aliphatic rings. The van der Waals surface area contributed by atoms with Gasteiger partial charge in [-0.25, -0.2) is 13.4 Å². The predicted molar refractivity (Wildman–Crippen MR) is 135 cm³/mol. The van der Waals surface area contributed by atoms with Gasteiger partial charge in [0.2, 0.25) is 0 Å². The molecule has 2 N–H and O–H groups in total. The summed E-state index contributed by atoms with van der Waals surface area (Å²) in [5.74, 6) is 0.762. The molecule has 0 aliphatic carbocycles. The van der Waals surface area contributed by atoms with Gasteiger partial charge < -0.3 is 15.5 Å². The third-order valence-corrected chi connectivity index (χ3v) is 6.18. The second-order valence-corrected chi connectivity index (χ2v) is 9.62. The molecule has 0 spiro atoms. The average Bonchev–Trinajstić information content (AvgIpc) is 3.14. The zero-order valence-electron chi connectivity index (χ0n) is 17.1. The van der Waals surface area contributed by atoms with Gasteiger partial charge in [-0.3, -0.25) is 0 Å². The summed E-state index contributed by atoms with van der Waals surface area (Å²) in [5.41, 5.74) is 2.09. The molecule has 0 bridgehead atoms. The molecule has 2 aromatic carbocycles. The predicted octanol–water partition coefficient (Wildman–Crippen LogP) is 3.70. The van der Waals surface area contributed by atoms with Crippen LogP contribution in [0.3, 0.4) is 0 Å². The van der Waals surface area contributed by atoms with Gasteiger partial charge in [-0.1, -0.05) is 29.8 Å². The van der Waals surface area contributed by atoms with Crippen molar-refractivity contribution in [1.29, 1.82) is 0 Å². The fourth-order valence-corrected chi connectivity index (χ4v) is 4.13. The van der Waals surface area contributed by atoms with E-state index in [1.807, 2.05) is 25.1 Å². The molecule has 0 aromatic heterocycles. The minimum atomic E-state index is -3.18. The fourth-order valence-electron chi connectivity index (χ4n) is 3.31. The number of guanidine groups is 1. The largest absolute Gasteiger partial charge is 0.369 e. The second-order valence-electron chi connectivity index (χ2n) is 7.17. The van der Waals surface area contributed by atoms with Crippen molar-refractivity contribution in [2.24, 2.45) is 4.99 Å². The highest BCUT2D eigenvalue weighted by atomic mass is 127. The Balaban J connectivity index is 0.00000320. The third-order valence-electron chi connectivity index (χ3n) is 4.82. The van der Waals surface area contributed by atoms with Crippen LogP contribution in [0, 0.1) is 0 Å². The zero-order valence-corrected chi connectivity index (χ0v) is 21.0. The van der Waals surface area contributed by atoms with Crippen LogP contribution in [0.4, 0.5) is 5.69 Å². The highest BCUT2D eigenvalue weighted by molar-refractivity contribution is 14.0. The van der Waals surface area contributed by atoms with Crippen molar-refractivity contribution in [3.8, 4) is 0 Å². The van der Waals surface area contributed by atoms with E-state index in [9.17, 15) is 8.42 Å². The van der Waals surface area contributed by atoms with Crippen LogP contribution in [-0.2, 0) is 16.4 Å². The van der Waals surface area contributed by atoms with E-state index in [-0.39, 0.29) is 24.0 Å². The summed E-state index contributed by atoms with van der Waals surface area (Å²) in [6.07, 6.45) is 2.22. The standard InChI is InChI=1S/C21H27ClN4O2S.HI/c1-3-23-21(24-14-16-7-9-20(10-8-16)29(2,27)28)25-18-11-12-26(15-18)19-6-4-5-17(22)13-19;/h4-10,13,18H,3,11-12,14-15H2,1-2H3,(H2,23,24,25);1H. The summed E-state index contributed by atoms with van der Waals surface area (Å²) in [6.45, 7) is 5.12. The number of hydrogen-bond acceptors (Lipinski definition) is 4. The summed E-state index contributed by atoms with van der Waals surface area (Å²) < 4.78 is 23.2. The first-order valence-electron chi connectivity index (χ1n) is 9.69. The molecule has 1 atom stereocenters. The van der Waals surface area contributed by atoms with E-state index in [4.69, 9.17) is 11.6 Å². The number of aliphatic imine (C=N–C) groups is 1. The van der Waals surface area contributed by atoms with Crippen molar-refractivity contribution in [2.45, 2.75) is 30.8 Å². The Hall–Kier alpha value is -1.52. The van der Waals surface area contributed by atoms with Crippen molar-refractivity contribution < 1.29 is 8.42 Å². The van der Waals surface area contributed by atoms with Crippen LogP contribution in [0.15, 0.2) is 58.4 Å². The fraction of sp³-hybridized carbons (Fsp3) is 0.381. The van der Waals surface area contributed by atoms with Crippen LogP contribution >= 0.6 is 35.6 Å². The molecule has 2 aromatic rings. The summed E-state index contributed by atoms with van der Waals surface area (Å²) in [5, 5.41) is 7.53. The molecule has 3 rings (SSSR count). The van der Waals surface area contributed by atoms with Crippen molar-refractivity contribution >= 4 is 57.1 Å². The monoisotopic (exact) mass is 562 g/mol. The Labute approximate surface area is 201 Å². The number of rotatable bonds is 6. The molecule has 9 heteroatoms. The number of halogens is 2. The number of sulfone groups is 1. The maximum Gasteiger partial charge on any atom is 0.191 e. The molecule has 0 saturated carbocycles. The van der Waals surface area contributed by atoms with E-state index in [1.165, 1.54) is 6.26 Å². The van der Waals surface area contributed by atoms with E-state index < -0.39 is 9.84 Å². The molecule has 0 radical (unpaired) electrons. The lowest BCUT2D eigenvalue weighted by Crippen LogP contribution is -2.44. The zero-order chi connectivity index (χ0) is 20.9. The van der Waals surface area contributed by atoms with Crippen molar-refractivity contribution in [1.82, 2.24) is 10.6 Å². The van der Waals surface area contributed by atoms with Crippen LogP contribution in [-0.4, -0.2) is 46.3 Å². The minimum absolute atomic E-state index is 0. The Morgan fingerprint density at radius 1 is 1.23 bits per heavy atom. The van der Waals surface area contributed by atoms with Crippen molar-refractivity contribution in [3.05, 3.63) is 59.1 Å². The van der Waals surface area contributed by atoms with Crippen LogP contribution < -0.4 is 15.5 Å².